The lowest BCUT2D eigenvalue weighted by atomic mass is 9.71. The summed E-state index contributed by atoms with van der Waals surface area (Å²) in [5.41, 5.74) is 0.186. The van der Waals surface area contributed by atoms with Crippen LogP contribution in [-0.2, 0) is 4.79 Å². The minimum absolute atomic E-state index is 0. The van der Waals surface area contributed by atoms with Crippen molar-refractivity contribution in [3.05, 3.63) is 0 Å². The molecule has 2 aliphatic rings. The molecular weight excluding hydrogens is 228 g/mol. The van der Waals surface area contributed by atoms with Crippen LogP contribution in [0.15, 0.2) is 0 Å². The summed E-state index contributed by atoms with van der Waals surface area (Å²) in [5, 5.41) is 12.8. The summed E-state index contributed by atoms with van der Waals surface area (Å²) in [5.74, 6) is 0.423. The summed E-state index contributed by atoms with van der Waals surface area (Å²) >= 11 is 0. The lowest BCUT2D eigenvalue weighted by molar-refractivity contribution is -0.128. The molecule has 1 unspecified atom stereocenters. The van der Waals surface area contributed by atoms with E-state index in [1.165, 1.54) is 0 Å². The highest BCUT2D eigenvalue weighted by molar-refractivity contribution is 5.85. The van der Waals surface area contributed by atoms with E-state index in [0.29, 0.717) is 0 Å². The number of aliphatic hydroxyl groups is 1. The number of amides is 1. The summed E-state index contributed by atoms with van der Waals surface area (Å²) in [6.45, 7) is 5.45. The lowest BCUT2D eigenvalue weighted by Crippen LogP contribution is -2.43. The molecule has 2 aliphatic heterocycles. The van der Waals surface area contributed by atoms with Gasteiger partial charge in [-0.2, -0.15) is 0 Å². The van der Waals surface area contributed by atoms with Crippen molar-refractivity contribution in [2.45, 2.75) is 19.8 Å². The molecule has 0 aromatic heterocycles. The van der Waals surface area contributed by atoms with E-state index in [9.17, 15) is 9.90 Å². The third-order valence-corrected chi connectivity index (χ3v) is 4.08. The van der Waals surface area contributed by atoms with Crippen LogP contribution in [0, 0.1) is 11.3 Å². The zero-order chi connectivity index (χ0) is 10.9. The zero-order valence-electron chi connectivity index (χ0n) is 9.74. The minimum atomic E-state index is 0. The van der Waals surface area contributed by atoms with Crippen LogP contribution in [0.4, 0.5) is 0 Å². The van der Waals surface area contributed by atoms with Gasteiger partial charge in [0, 0.05) is 32.5 Å². The van der Waals surface area contributed by atoms with Crippen LogP contribution in [0.3, 0.4) is 0 Å². The van der Waals surface area contributed by atoms with Gasteiger partial charge in [-0.1, -0.05) is 0 Å². The van der Waals surface area contributed by atoms with Crippen LogP contribution in [0.2, 0.25) is 0 Å². The molecule has 1 atom stereocenters. The maximum atomic E-state index is 11.4. The number of carbonyl (C=O) groups excluding carboxylic acids is 1. The highest BCUT2D eigenvalue weighted by Gasteiger charge is 2.47. The summed E-state index contributed by atoms with van der Waals surface area (Å²) in [7, 11) is 0. The number of halogens is 1. The van der Waals surface area contributed by atoms with Crippen LogP contribution in [0.25, 0.3) is 0 Å². The molecule has 2 heterocycles. The van der Waals surface area contributed by atoms with E-state index >= 15 is 0 Å². The topological polar surface area (TPSA) is 52.6 Å². The van der Waals surface area contributed by atoms with Gasteiger partial charge in [0.1, 0.15) is 0 Å². The number of rotatable bonds is 1. The van der Waals surface area contributed by atoms with Gasteiger partial charge in [-0.3, -0.25) is 4.79 Å². The van der Waals surface area contributed by atoms with Crippen molar-refractivity contribution in [3.63, 3.8) is 0 Å². The minimum Gasteiger partial charge on any atom is -0.396 e. The first-order valence-corrected chi connectivity index (χ1v) is 5.75. The molecule has 1 spiro atoms. The van der Waals surface area contributed by atoms with Crippen molar-refractivity contribution in [2.75, 3.05) is 32.8 Å². The average molecular weight is 249 g/mol. The normalized spacial score (nSPS) is 27.9. The molecule has 5 heteroatoms. The molecule has 0 aromatic rings. The Morgan fingerprint density at radius 1 is 1.50 bits per heavy atom. The first-order valence-electron chi connectivity index (χ1n) is 5.75. The van der Waals surface area contributed by atoms with Crippen LogP contribution in [0.1, 0.15) is 19.8 Å². The smallest absolute Gasteiger partial charge is 0.219 e. The first-order chi connectivity index (χ1) is 7.18. The van der Waals surface area contributed by atoms with Gasteiger partial charge in [-0.15, -0.1) is 12.4 Å². The molecule has 0 saturated carbocycles. The highest BCUT2D eigenvalue weighted by atomic mass is 35.5. The van der Waals surface area contributed by atoms with Gasteiger partial charge in [-0.25, -0.2) is 0 Å². The summed E-state index contributed by atoms with van der Waals surface area (Å²) in [6, 6.07) is 0. The highest BCUT2D eigenvalue weighted by Crippen LogP contribution is 2.42. The van der Waals surface area contributed by atoms with Gasteiger partial charge < -0.3 is 15.3 Å². The van der Waals surface area contributed by atoms with Crippen LogP contribution in [0.5, 0.6) is 0 Å². The molecule has 16 heavy (non-hydrogen) atoms. The Bertz CT molecular complexity index is 254. The van der Waals surface area contributed by atoms with Crippen molar-refractivity contribution >= 4 is 18.3 Å². The summed E-state index contributed by atoms with van der Waals surface area (Å²) in [6.07, 6.45) is 2.17. The number of likely N-dealkylation sites (tertiary alicyclic amines) is 1. The second-order valence-corrected chi connectivity index (χ2v) is 4.89. The van der Waals surface area contributed by atoms with Crippen LogP contribution in [-0.4, -0.2) is 48.7 Å². The molecule has 2 fully saturated rings. The molecule has 0 aromatic carbocycles. The number of piperidine rings is 1. The average Bonchev–Trinajstić information content (AvgIpc) is 2.58. The number of carbonyl (C=O) groups is 1. The van der Waals surface area contributed by atoms with Gasteiger partial charge in [0.2, 0.25) is 5.91 Å². The fraction of sp³-hybridized carbons (Fsp3) is 0.909. The second-order valence-electron chi connectivity index (χ2n) is 4.89. The maximum absolute atomic E-state index is 11.4. The number of hydrogen-bond donors (Lipinski definition) is 2. The molecule has 2 rings (SSSR count). The van der Waals surface area contributed by atoms with Crippen LogP contribution < -0.4 is 5.32 Å². The Morgan fingerprint density at radius 3 is 2.62 bits per heavy atom. The molecule has 94 valence electrons. The first kappa shape index (κ1) is 13.7. The standard InChI is InChI=1S/C11H20N2O2.ClH/c1-9(15)13-6-10(7-14)11(8-13)2-4-12-5-3-11;/h10,12,14H,2-8H2,1H3;1H. The summed E-state index contributed by atoms with van der Waals surface area (Å²) in [4.78, 5) is 13.3. The molecule has 0 radical (unpaired) electrons. The Morgan fingerprint density at radius 2 is 2.12 bits per heavy atom. The van der Waals surface area contributed by atoms with Crippen molar-refractivity contribution < 1.29 is 9.90 Å². The fourth-order valence-corrected chi connectivity index (χ4v) is 3.02. The van der Waals surface area contributed by atoms with E-state index in [1.54, 1.807) is 6.92 Å². The molecule has 4 nitrogen and oxygen atoms in total. The number of nitrogens with one attached hydrogen (secondary N) is 1. The van der Waals surface area contributed by atoms with E-state index in [1.807, 2.05) is 4.90 Å². The second kappa shape index (κ2) is 5.34. The Labute approximate surface area is 103 Å². The largest absolute Gasteiger partial charge is 0.396 e. The molecule has 0 aliphatic carbocycles. The van der Waals surface area contributed by atoms with E-state index < -0.39 is 0 Å². The molecule has 2 N–H and O–H groups in total. The van der Waals surface area contributed by atoms with E-state index in [4.69, 9.17) is 0 Å². The van der Waals surface area contributed by atoms with Gasteiger partial charge in [0.05, 0.1) is 0 Å². The van der Waals surface area contributed by atoms with E-state index in [-0.39, 0.29) is 36.3 Å². The number of hydrogen-bond acceptors (Lipinski definition) is 3. The lowest BCUT2D eigenvalue weighted by Gasteiger charge is -2.37. The van der Waals surface area contributed by atoms with Crippen molar-refractivity contribution in [1.82, 2.24) is 10.2 Å². The maximum Gasteiger partial charge on any atom is 0.219 e. The third-order valence-electron chi connectivity index (χ3n) is 4.08. The van der Waals surface area contributed by atoms with E-state index in [0.717, 1.165) is 39.0 Å². The van der Waals surface area contributed by atoms with E-state index in [2.05, 4.69) is 5.32 Å². The Kier molecular flexibility index (Phi) is 4.59. The van der Waals surface area contributed by atoms with Crippen molar-refractivity contribution in [1.29, 1.82) is 0 Å². The van der Waals surface area contributed by atoms with Gasteiger partial charge in [0.25, 0.3) is 0 Å². The van der Waals surface area contributed by atoms with Gasteiger partial charge >= 0.3 is 0 Å². The Balaban J connectivity index is 0.00000128. The predicted molar refractivity (Wildman–Crippen MR) is 64.6 cm³/mol. The number of aliphatic hydroxyl groups excluding tert-OH is 1. The Hall–Kier alpha value is -0.320. The molecule has 1 amide bonds. The monoisotopic (exact) mass is 248 g/mol. The van der Waals surface area contributed by atoms with Crippen molar-refractivity contribution in [3.8, 4) is 0 Å². The molecule has 2 saturated heterocycles. The van der Waals surface area contributed by atoms with Gasteiger partial charge in [-0.05, 0) is 31.3 Å². The predicted octanol–water partition coefficient (Wildman–Crippen LogP) is 0.249. The van der Waals surface area contributed by atoms with Crippen LogP contribution >= 0.6 is 12.4 Å². The van der Waals surface area contributed by atoms with Crippen molar-refractivity contribution in [2.24, 2.45) is 11.3 Å². The SMILES string of the molecule is CC(=O)N1CC(CO)C2(CCNCC2)C1.Cl. The van der Waals surface area contributed by atoms with Gasteiger partial charge in [0.15, 0.2) is 0 Å². The fourth-order valence-electron chi connectivity index (χ4n) is 3.02. The zero-order valence-corrected chi connectivity index (χ0v) is 10.6. The summed E-state index contributed by atoms with van der Waals surface area (Å²) < 4.78 is 0. The quantitative estimate of drug-likeness (QED) is 0.700. The molecule has 0 bridgehead atoms. The molecular formula is C11H21ClN2O2. The number of nitrogens with zero attached hydrogens (tertiary/aromatic N) is 1. The third kappa shape index (κ3) is 2.34.